The summed E-state index contributed by atoms with van der Waals surface area (Å²) in [6, 6.07) is 13.4. The highest BCUT2D eigenvalue weighted by Crippen LogP contribution is 2.42. The lowest BCUT2D eigenvalue weighted by Crippen LogP contribution is -2.30. The van der Waals surface area contributed by atoms with Crippen molar-refractivity contribution in [1.29, 1.82) is 0 Å². The lowest BCUT2D eigenvalue weighted by atomic mass is 10.2. The van der Waals surface area contributed by atoms with Crippen LogP contribution in [0.5, 0.6) is 11.5 Å². The quantitative estimate of drug-likeness (QED) is 0.500. The molecule has 4 rings (SSSR count). The predicted octanol–water partition coefficient (Wildman–Crippen LogP) is 5.90. The van der Waals surface area contributed by atoms with Crippen molar-refractivity contribution in [3.8, 4) is 11.5 Å². The van der Waals surface area contributed by atoms with Gasteiger partial charge in [-0.3, -0.25) is 9.71 Å². The highest BCUT2D eigenvalue weighted by Gasteiger charge is 2.22. The second kappa shape index (κ2) is 8.26. The largest absolute Gasteiger partial charge is 0.450 e. The Bertz CT molecular complexity index is 1060. The molecule has 1 aliphatic heterocycles. The molecule has 28 heavy (non-hydrogen) atoms. The number of aromatic nitrogens is 1. The van der Waals surface area contributed by atoms with E-state index in [1.54, 1.807) is 48.7 Å². The van der Waals surface area contributed by atoms with Crippen molar-refractivity contribution in [1.82, 2.24) is 9.71 Å². The van der Waals surface area contributed by atoms with Gasteiger partial charge in [-0.15, -0.1) is 0 Å². The molecule has 9 heteroatoms. The van der Waals surface area contributed by atoms with E-state index in [-0.39, 0.29) is 12.3 Å². The molecule has 0 radical (unpaired) electrons. The maximum absolute atomic E-state index is 14.5. The summed E-state index contributed by atoms with van der Waals surface area (Å²) >= 11 is 13.6. The molecule has 1 aliphatic rings. The van der Waals surface area contributed by atoms with Crippen LogP contribution in [0.15, 0.2) is 64.6 Å². The van der Waals surface area contributed by atoms with E-state index >= 15 is 0 Å². The molecule has 0 atom stereocenters. The maximum atomic E-state index is 14.5. The van der Waals surface area contributed by atoms with Crippen LogP contribution >= 0.6 is 35.1 Å². The minimum Gasteiger partial charge on any atom is -0.450 e. The Labute approximate surface area is 175 Å². The molecule has 142 valence electrons. The Kier molecular flexibility index (Phi) is 5.57. The molecular weight excluding hydrogens is 422 g/mol. The van der Waals surface area contributed by atoms with Gasteiger partial charge in [0.1, 0.15) is 11.4 Å². The van der Waals surface area contributed by atoms with Crippen molar-refractivity contribution in [3.63, 3.8) is 0 Å². The second-order valence-corrected chi connectivity index (χ2v) is 7.37. The number of ether oxygens (including phenoxy) is 1. The van der Waals surface area contributed by atoms with Gasteiger partial charge in [-0.05, 0) is 48.3 Å². The third-order valence-corrected chi connectivity index (χ3v) is 5.35. The number of nitrogens with one attached hydrogen (secondary N) is 2. The summed E-state index contributed by atoms with van der Waals surface area (Å²) in [6.07, 6.45) is 1.65. The van der Waals surface area contributed by atoms with Crippen molar-refractivity contribution in [2.24, 2.45) is 4.99 Å². The Balaban J connectivity index is 1.62. The van der Waals surface area contributed by atoms with Gasteiger partial charge in [-0.1, -0.05) is 35.3 Å². The van der Waals surface area contributed by atoms with Crippen molar-refractivity contribution in [2.45, 2.75) is 11.4 Å². The van der Waals surface area contributed by atoms with Crippen LogP contribution in [-0.4, -0.2) is 10.9 Å². The summed E-state index contributed by atoms with van der Waals surface area (Å²) in [5.74, 6) is 0.332. The molecule has 0 spiro atoms. The van der Waals surface area contributed by atoms with E-state index in [9.17, 15) is 4.39 Å². The SMILES string of the molecule is Fc1ccc2c(c1Oc1ccccc1Cl)NC(=NCc1ncccc1Cl)NS2. The molecule has 0 amide bonds. The number of pyridine rings is 1. The first-order valence-corrected chi connectivity index (χ1v) is 9.77. The summed E-state index contributed by atoms with van der Waals surface area (Å²) in [6.45, 7) is 0.265. The summed E-state index contributed by atoms with van der Waals surface area (Å²) in [7, 11) is 0. The first-order valence-electron chi connectivity index (χ1n) is 8.20. The summed E-state index contributed by atoms with van der Waals surface area (Å²) < 4.78 is 23.4. The van der Waals surface area contributed by atoms with E-state index in [0.29, 0.717) is 33.1 Å². The Morgan fingerprint density at radius 3 is 2.71 bits per heavy atom. The van der Waals surface area contributed by atoms with Gasteiger partial charge in [0.2, 0.25) is 5.96 Å². The number of rotatable bonds is 4. The monoisotopic (exact) mass is 434 g/mol. The number of para-hydroxylation sites is 1. The fourth-order valence-electron chi connectivity index (χ4n) is 2.49. The van der Waals surface area contributed by atoms with Crippen LogP contribution in [0.25, 0.3) is 0 Å². The van der Waals surface area contributed by atoms with Gasteiger partial charge in [0.25, 0.3) is 0 Å². The van der Waals surface area contributed by atoms with Gasteiger partial charge in [-0.25, -0.2) is 9.38 Å². The minimum absolute atomic E-state index is 0.0446. The molecule has 0 fully saturated rings. The Morgan fingerprint density at radius 2 is 1.89 bits per heavy atom. The van der Waals surface area contributed by atoms with Crippen LogP contribution in [0.4, 0.5) is 10.1 Å². The number of nitrogens with zero attached hydrogens (tertiary/aromatic N) is 2. The first-order chi connectivity index (χ1) is 13.6. The third kappa shape index (κ3) is 4.01. The zero-order valence-electron chi connectivity index (χ0n) is 14.2. The minimum atomic E-state index is -0.513. The van der Waals surface area contributed by atoms with E-state index in [0.717, 1.165) is 4.90 Å². The lowest BCUT2D eigenvalue weighted by Gasteiger charge is -2.23. The van der Waals surface area contributed by atoms with Crippen molar-refractivity contribution in [2.75, 3.05) is 5.32 Å². The van der Waals surface area contributed by atoms with Crippen LogP contribution in [0, 0.1) is 5.82 Å². The number of fused-ring (bicyclic) bond motifs is 1. The molecule has 5 nitrogen and oxygen atoms in total. The second-order valence-electron chi connectivity index (χ2n) is 5.71. The van der Waals surface area contributed by atoms with Crippen LogP contribution in [-0.2, 0) is 6.54 Å². The van der Waals surface area contributed by atoms with Crippen molar-refractivity contribution >= 4 is 46.8 Å². The molecule has 1 aromatic heterocycles. The molecule has 0 saturated heterocycles. The topological polar surface area (TPSA) is 58.5 Å². The Hall–Kier alpha value is -2.48. The third-order valence-electron chi connectivity index (χ3n) is 3.84. The summed E-state index contributed by atoms with van der Waals surface area (Å²) in [5.41, 5.74) is 1.11. The van der Waals surface area contributed by atoms with Gasteiger partial charge in [0, 0.05) is 6.20 Å². The zero-order chi connectivity index (χ0) is 19.5. The molecule has 2 aromatic carbocycles. The normalized spacial score (nSPS) is 14.2. The number of hydrogen-bond acceptors (Lipinski definition) is 4. The number of aliphatic imine (C=N–C) groups is 1. The summed E-state index contributed by atoms with van der Waals surface area (Å²) in [4.78, 5) is 9.40. The van der Waals surface area contributed by atoms with Gasteiger partial charge in [0.05, 0.1) is 27.2 Å². The fraction of sp³-hybridized carbons (Fsp3) is 0.0526. The number of halogens is 3. The van der Waals surface area contributed by atoms with E-state index in [1.807, 2.05) is 0 Å². The lowest BCUT2D eigenvalue weighted by molar-refractivity contribution is 0.443. The zero-order valence-corrected chi connectivity index (χ0v) is 16.6. The first kappa shape index (κ1) is 18.9. The molecule has 0 unspecified atom stereocenters. The maximum Gasteiger partial charge on any atom is 0.206 e. The highest BCUT2D eigenvalue weighted by atomic mass is 35.5. The van der Waals surface area contributed by atoms with E-state index < -0.39 is 5.82 Å². The van der Waals surface area contributed by atoms with Gasteiger partial charge < -0.3 is 10.1 Å². The van der Waals surface area contributed by atoms with Crippen LogP contribution < -0.4 is 14.8 Å². The van der Waals surface area contributed by atoms with Crippen LogP contribution in [0.1, 0.15) is 5.69 Å². The number of hydrogen-bond donors (Lipinski definition) is 2. The molecular formula is C19H13Cl2FN4OS. The highest BCUT2D eigenvalue weighted by molar-refractivity contribution is 7.98. The van der Waals surface area contributed by atoms with Crippen LogP contribution in [0.2, 0.25) is 10.0 Å². The van der Waals surface area contributed by atoms with Gasteiger partial charge >= 0.3 is 0 Å². The molecule has 2 N–H and O–H groups in total. The Morgan fingerprint density at radius 1 is 1.07 bits per heavy atom. The summed E-state index contributed by atoms with van der Waals surface area (Å²) in [5, 5.41) is 4.00. The number of anilines is 1. The van der Waals surface area contributed by atoms with Gasteiger partial charge in [-0.2, -0.15) is 0 Å². The fourth-order valence-corrected chi connectivity index (χ4v) is 3.55. The van der Waals surface area contributed by atoms with Crippen molar-refractivity contribution < 1.29 is 9.13 Å². The molecule has 2 heterocycles. The van der Waals surface area contributed by atoms with Gasteiger partial charge in [0.15, 0.2) is 11.6 Å². The van der Waals surface area contributed by atoms with Crippen LogP contribution in [0.3, 0.4) is 0 Å². The van der Waals surface area contributed by atoms with E-state index in [2.05, 4.69) is 20.0 Å². The molecule has 0 aliphatic carbocycles. The average Bonchev–Trinajstić information content (AvgIpc) is 2.71. The molecule has 0 saturated carbocycles. The van der Waals surface area contributed by atoms with E-state index in [4.69, 9.17) is 27.9 Å². The molecule has 0 bridgehead atoms. The van der Waals surface area contributed by atoms with Crippen molar-refractivity contribution in [3.05, 3.63) is 76.3 Å². The smallest absolute Gasteiger partial charge is 0.206 e. The average molecular weight is 435 g/mol. The number of benzene rings is 2. The standard InChI is InChI=1S/C19H13Cl2FN4OS/c20-11-5-3-9-23-14(11)10-24-19-25-17-16(28-26-19)8-7-13(22)18(17)27-15-6-2-1-4-12(15)21/h1-9H,10H2,(H2,24,25,26). The van der Waals surface area contributed by atoms with E-state index in [1.165, 1.54) is 18.0 Å². The number of guanidine groups is 1. The molecule has 3 aromatic rings. The predicted molar refractivity (Wildman–Crippen MR) is 111 cm³/mol.